The average molecular weight is 268 g/mol. The van der Waals surface area contributed by atoms with Crippen LogP contribution in [0.25, 0.3) is 11.1 Å². The number of nitrogens with one attached hydrogen (secondary N) is 1. The van der Waals surface area contributed by atoms with Crippen LogP contribution < -0.4 is 5.32 Å². The third-order valence-electron chi connectivity index (χ3n) is 2.62. The zero-order valence-electron chi connectivity index (χ0n) is 9.81. The first-order valence-electron chi connectivity index (χ1n) is 5.49. The van der Waals surface area contributed by atoms with Gasteiger partial charge in [0.1, 0.15) is 11.6 Å². The molecular formula is C14H12ClF2N. The molecule has 0 aliphatic carbocycles. The van der Waals surface area contributed by atoms with E-state index in [4.69, 9.17) is 11.6 Å². The second kappa shape index (κ2) is 5.46. The summed E-state index contributed by atoms with van der Waals surface area (Å²) in [6.07, 6.45) is 0. The Balaban J connectivity index is 2.42. The van der Waals surface area contributed by atoms with Gasteiger partial charge in [-0.25, -0.2) is 8.78 Å². The number of hydrogen-bond donors (Lipinski definition) is 1. The van der Waals surface area contributed by atoms with Crippen LogP contribution in [-0.2, 0) is 6.54 Å². The summed E-state index contributed by atoms with van der Waals surface area (Å²) in [5, 5.41) is 3.18. The highest BCUT2D eigenvalue weighted by Crippen LogP contribution is 2.26. The molecule has 0 saturated heterocycles. The summed E-state index contributed by atoms with van der Waals surface area (Å²) < 4.78 is 27.0. The van der Waals surface area contributed by atoms with Gasteiger partial charge in [0.15, 0.2) is 0 Å². The number of benzene rings is 2. The van der Waals surface area contributed by atoms with Gasteiger partial charge in [0.2, 0.25) is 0 Å². The maximum Gasteiger partial charge on any atom is 0.128 e. The molecule has 0 saturated carbocycles. The lowest BCUT2D eigenvalue weighted by Crippen LogP contribution is -2.06. The summed E-state index contributed by atoms with van der Waals surface area (Å²) in [4.78, 5) is 0. The van der Waals surface area contributed by atoms with Crippen LogP contribution in [0.2, 0.25) is 5.02 Å². The van der Waals surface area contributed by atoms with E-state index in [0.29, 0.717) is 28.3 Å². The quantitative estimate of drug-likeness (QED) is 0.886. The monoisotopic (exact) mass is 267 g/mol. The van der Waals surface area contributed by atoms with E-state index < -0.39 is 5.82 Å². The van der Waals surface area contributed by atoms with Gasteiger partial charge < -0.3 is 5.32 Å². The largest absolute Gasteiger partial charge is 0.316 e. The van der Waals surface area contributed by atoms with Gasteiger partial charge in [0.25, 0.3) is 0 Å². The highest BCUT2D eigenvalue weighted by molar-refractivity contribution is 6.30. The van der Waals surface area contributed by atoms with E-state index in [1.165, 1.54) is 18.2 Å². The normalized spacial score (nSPS) is 10.7. The molecule has 94 valence electrons. The van der Waals surface area contributed by atoms with Gasteiger partial charge in [-0.05, 0) is 42.4 Å². The fraction of sp³-hybridized carbons (Fsp3) is 0.143. The Hall–Kier alpha value is -1.45. The Bertz CT molecular complexity index is 549. The summed E-state index contributed by atoms with van der Waals surface area (Å²) >= 11 is 5.78. The lowest BCUT2D eigenvalue weighted by atomic mass is 10.0. The minimum Gasteiger partial charge on any atom is -0.316 e. The molecule has 0 fully saturated rings. The molecule has 1 N–H and O–H groups in total. The van der Waals surface area contributed by atoms with Gasteiger partial charge in [0.05, 0.1) is 0 Å². The molecule has 0 aliphatic rings. The fourth-order valence-corrected chi connectivity index (χ4v) is 2.00. The van der Waals surface area contributed by atoms with Crippen molar-refractivity contribution >= 4 is 11.6 Å². The van der Waals surface area contributed by atoms with Gasteiger partial charge in [-0.3, -0.25) is 0 Å². The number of hydrogen-bond acceptors (Lipinski definition) is 1. The van der Waals surface area contributed by atoms with Crippen LogP contribution in [0.5, 0.6) is 0 Å². The maximum absolute atomic E-state index is 13.8. The smallest absolute Gasteiger partial charge is 0.128 e. The van der Waals surface area contributed by atoms with E-state index in [2.05, 4.69) is 5.32 Å². The first-order valence-corrected chi connectivity index (χ1v) is 5.87. The van der Waals surface area contributed by atoms with Crippen LogP contribution in [0.15, 0.2) is 36.4 Å². The van der Waals surface area contributed by atoms with Crippen molar-refractivity contribution in [1.82, 2.24) is 5.32 Å². The van der Waals surface area contributed by atoms with Crippen molar-refractivity contribution in [1.29, 1.82) is 0 Å². The molecule has 0 aliphatic heterocycles. The standard InChI is InChI=1S/C14H12ClF2N/c1-18-8-10-3-2-9(6-14(10)17)11-4-12(15)7-13(16)5-11/h2-7,18H,8H2,1H3. The average Bonchev–Trinajstić information content (AvgIpc) is 2.30. The summed E-state index contributed by atoms with van der Waals surface area (Å²) in [6, 6.07) is 8.98. The number of rotatable bonds is 3. The van der Waals surface area contributed by atoms with Gasteiger partial charge in [0, 0.05) is 17.1 Å². The van der Waals surface area contributed by atoms with Crippen molar-refractivity contribution in [3.63, 3.8) is 0 Å². The predicted molar refractivity (Wildman–Crippen MR) is 69.6 cm³/mol. The highest BCUT2D eigenvalue weighted by atomic mass is 35.5. The lowest BCUT2D eigenvalue weighted by Gasteiger charge is -2.07. The molecular weight excluding hydrogens is 256 g/mol. The molecule has 0 atom stereocenters. The second-order valence-corrected chi connectivity index (χ2v) is 4.43. The van der Waals surface area contributed by atoms with Crippen LogP contribution in [0, 0.1) is 11.6 Å². The van der Waals surface area contributed by atoms with Crippen molar-refractivity contribution in [3.05, 3.63) is 58.6 Å². The topological polar surface area (TPSA) is 12.0 Å². The van der Waals surface area contributed by atoms with Crippen LogP contribution in [-0.4, -0.2) is 7.05 Å². The van der Waals surface area contributed by atoms with E-state index in [1.807, 2.05) is 0 Å². The molecule has 0 amide bonds. The molecule has 1 nitrogen and oxygen atoms in total. The molecule has 18 heavy (non-hydrogen) atoms. The predicted octanol–water partition coefficient (Wildman–Crippen LogP) is 4.00. The summed E-state index contributed by atoms with van der Waals surface area (Å²) in [5.74, 6) is -0.751. The van der Waals surface area contributed by atoms with Crippen LogP contribution in [0.3, 0.4) is 0 Å². The van der Waals surface area contributed by atoms with Crippen LogP contribution in [0.1, 0.15) is 5.56 Å². The first-order chi connectivity index (χ1) is 8.60. The molecule has 0 heterocycles. The fourth-order valence-electron chi connectivity index (χ4n) is 1.78. The van der Waals surface area contributed by atoms with Gasteiger partial charge in [-0.2, -0.15) is 0 Å². The van der Waals surface area contributed by atoms with Crippen LogP contribution in [0.4, 0.5) is 8.78 Å². The summed E-state index contributed by atoms with van der Waals surface area (Å²) in [5.41, 5.74) is 1.74. The molecule has 2 aromatic rings. The SMILES string of the molecule is CNCc1ccc(-c2cc(F)cc(Cl)c2)cc1F. The van der Waals surface area contributed by atoms with E-state index in [-0.39, 0.29) is 5.82 Å². The van der Waals surface area contributed by atoms with Crippen molar-refractivity contribution in [2.75, 3.05) is 7.05 Å². The third kappa shape index (κ3) is 2.86. The molecule has 4 heteroatoms. The minimum absolute atomic E-state index is 0.296. The van der Waals surface area contributed by atoms with E-state index in [9.17, 15) is 8.78 Å². The Morgan fingerprint density at radius 3 is 2.44 bits per heavy atom. The Labute approximate surface area is 109 Å². The molecule has 2 rings (SSSR count). The third-order valence-corrected chi connectivity index (χ3v) is 2.83. The van der Waals surface area contributed by atoms with Gasteiger partial charge >= 0.3 is 0 Å². The van der Waals surface area contributed by atoms with Crippen molar-refractivity contribution in [3.8, 4) is 11.1 Å². The molecule has 0 spiro atoms. The zero-order valence-corrected chi connectivity index (χ0v) is 10.6. The van der Waals surface area contributed by atoms with Crippen molar-refractivity contribution < 1.29 is 8.78 Å². The minimum atomic E-state index is -0.433. The lowest BCUT2D eigenvalue weighted by molar-refractivity contribution is 0.601. The van der Waals surface area contributed by atoms with E-state index in [1.54, 1.807) is 25.2 Å². The molecule has 0 radical (unpaired) electrons. The number of halogens is 3. The first kappa shape index (κ1) is 13.0. The summed E-state index contributed by atoms with van der Waals surface area (Å²) in [7, 11) is 1.75. The van der Waals surface area contributed by atoms with E-state index in [0.717, 1.165) is 0 Å². The Morgan fingerprint density at radius 1 is 1.06 bits per heavy atom. The molecule has 0 unspecified atom stereocenters. The maximum atomic E-state index is 13.8. The molecule has 0 bridgehead atoms. The summed E-state index contributed by atoms with van der Waals surface area (Å²) in [6.45, 7) is 0.454. The van der Waals surface area contributed by atoms with E-state index >= 15 is 0 Å². The molecule has 0 aromatic heterocycles. The Kier molecular flexibility index (Phi) is 3.94. The van der Waals surface area contributed by atoms with Gasteiger partial charge in [-0.15, -0.1) is 0 Å². The zero-order chi connectivity index (χ0) is 13.1. The van der Waals surface area contributed by atoms with Crippen molar-refractivity contribution in [2.45, 2.75) is 6.54 Å². The molecule has 2 aromatic carbocycles. The Morgan fingerprint density at radius 2 is 1.83 bits per heavy atom. The second-order valence-electron chi connectivity index (χ2n) is 3.99. The highest BCUT2D eigenvalue weighted by Gasteiger charge is 2.06. The van der Waals surface area contributed by atoms with Gasteiger partial charge in [-0.1, -0.05) is 23.7 Å². The van der Waals surface area contributed by atoms with Crippen molar-refractivity contribution in [2.24, 2.45) is 0 Å². The van der Waals surface area contributed by atoms with Crippen LogP contribution >= 0.6 is 11.6 Å².